The number of nitriles is 1. The summed E-state index contributed by atoms with van der Waals surface area (Å²) in [6.07, 6.45) is 5.19. The molecule has 2 heterocycles. The molecule has 7 heteroatoms. The van der Waals surface area contributed by atoms with Crippen molar-refractivity contribution in [1.82, 2.24) is 9.88 Å². The number of para-hydroxylation sites is 1. The maximum absolute atomic E-state index is 12.4. The molecule has 0 aliphatic carbocycles. The Morgan fingerprint density at radius 3 is 2.96 bits per heavy atom. The Morgan fingerprint density at radius 1 is 1.44 bits per heavy atom. The third-order valence-electron chi connectivity index (χ3n) is 4.53. The molecule has 1 fully saturated rings. The molecule has 1 atom stereocenters. The number of esters is 1. The number of benzene rings is 1. The number of carbonyl (C=O) groups excluding carboxylic acids is 2. The number of rotatable bonds is 6. The normalized spacial score (nSPS) is 16.9. The molecule has 27 heavy (non-hydrogen) atoms. The van der Waals surface area contributed by atoms with Gasteiger partial charge in [-0.1, -0.05) is 18.2 Å². The zero-order chi connectivity index (χ0) is 19.2. The maximum Gasteiger partial charge on any atom is 0.325 e. The van der Waals surface area contributed by atoms with Crippen LogP contribution in [-0.2, 0) is 25.6 Å². The smallest absolute Gasteiger partial charge is 0.325 e. The van der Waals surface area contributed by atoms with Crippen LogP contribution in [0, 0.1) is 11.3 Å². The SMILES string of the molecule is COC(=O)Cn1cc(/C=C(\C#N)C(=O)NC[C@@H]2CCCO2)c2ccccc21. The van der Waals surface area contributed by atoms with E-state index in [-0.39, 0.29) is 24.2 Å². The molecule has 7 nitrogen and oxygen atoms in total. The van der Waals surface area contributed by atoms with Crippen LogP contribution in [-0.4, -0.2) is 42.8 Å². The van der Waals surface area contributed by atoms with E-state index >= 15 is 0 Å². The van der Waals surface area contributed by atoms with E-state index in [9.17, 15) is 14.9 Å². The number of nitrogens with zero attached hydrogens (tertiary/aromatic N) is 2. The van der Waals surface area contributed by atoms with E-state index in [0.29, 0.717) is 18.7 Å². The molecule has 0 spiro atoms. The molecule has 140 valence electrons. The zero-order valence-corrected chi connectivity index (χ0v) is 15.1. The summed E-state index contributed by atoms with van der Waals surface area (Å²) in [6.45, 7) is 1.15. The van der Waals surface area contributed by atoms with Crippen LogP contribution in [0.3, 0.4) is 0 Å². The summed E-state index contributed by atoms with van der Waals surface area (Å²) in [4.78, 5) is 24.0. The summed E-state index contributed by atoms with van der Waals surface area (Å²) in [7, 11) is 1.33. The second-order valence-corrected chi connectivity index (χ2v) is 6.32. The highest BCUT2D eigenvalue weighted by molar-refractivity contribution is 6.04. The molecule has 0 radical (unpaired) electrons. The van der Waals surface area contributed by atoms with Gasteiger partial charge in [-0.2, -0.15) is 5.26 Å². The lowest BCUT2D eigenvalue weighted by Gasteiger charge is -2.10. The predicted molar refractivity (Wildman–Crippen MR) is 99.5 cm³/mol. The van der Waals surface area contributed by atoms with Crippen molar-refractivity contribution >= 4 is 28.9 Å². The second kappa shape index (κ2) is 8.52. The number of fused-ring (bicyclic) bond motifs is 1. The Hall–Kier alpha value is -3.11. The number of hydrogen-bond donors (Lipinski definition) is 1. The number of carbonyl (C=O) groups is 2. The molecule has 1 aliphatic heterocycles. The topological polar surface area (TPSA) is 93.4 Å². The molecule has 0 unspecified atom stereocenters. The number of aromatic nitrogens is 1. The highest BCUT2D eigenvalue weighted by Crippen LogP contribution is 2.24. The van der Waals surface area contributed by atoms with Gasteiger partial charge in [0.15, 0.2) is 0 Å². The molecule has 1 N–H and O–H groups in total. The quantitative estimate of drug-likeness (QED) is 0.479. The minimum Gasteiger partial charge on any atom is -0.468 e. The molecular weight excluding hydrogens is 346 g/mol. The summed E-state index contributed by atoms with van der Waals surface area (Å²) < 4.78 is 12.0. The molecular formula is C20H21N3O4. The average molecular weight is 367 g/mol. The lowest BCUT2D eigenvalue weighted by atomic mass is 10.1. The molecule has 1 aromatic heterocycles. The van der Waals surface area contributed by atoms with Gasteiger partial charge in [0.25, 0.3) is 5.91 Å². The first-order chi connectivity index (χ1) is 13.1. The largest absolute Gasteiger partial charge is 0.468 e. The number of methoxy groups -OCH3 is 1. The molecule has 1 aliphatic rings. The highest BCUT2D eigenvalue weighted by Gasteiger charge is 2.18. The molecule has 0 bridgehead atoms. The van der Waals surface area contributed by atoms with E-state index in [1.54, 1.807) is 16.8 Å². The van der Waals surface area contributed by atoms with Crippen molar-refractivity contribution < 1.29 is 19.1 Å². The lowest BCUT2D eigenvalue weighted by molar-refractivity contribution is -0.141. The van der Waals surface area contributed by atoms with Gasteiger partial charge in [0.2, 0.25) is 0 Å². The summed E-state index contributed by atoms with van der Waals surface area (Å²) in [5.74, 6) is -0.807. The third-order valence-corrected chi connectivity index (χ3v) is 4.53. The number of amides is 1. The van der Waals surface area contributed by atoms with Crippen LogP contribution >= 0.6 is 0 Å². The van der Waals surface area contributed by atoms with Gasteiger partial charge in [-0.15, -0.1) is 0 Å². The maximum atomic E-state index is 12.4. The lowest BCUT2D eigenvalue weighted by Crippen LogP contribution is -2.32. The van der Waals surface area contributed by atoms with E-state index in [1.807, 2.05) is 30.3 Å². The van der Waals surface area contributed by atoms with Crippen LogP contribution in [0.5, 0.6) is 0 Å². The standard InChI is InChI=1S/C20H21N3O4/c1-26-19(24)13-23-12-15(17-6-2-3-7-18(17)23)9-14(10-21)20(25)22-11-16-5-4-8-27-16/h2-3,6-7,9,12,16H,4-5,8,11,13H2,1H3,(H,22,25)/b14-9+/t16-/m0/s1. The molecule has 3 rings (SSSR count). The van der Waals surface area contributed by atoms with Gasteiger partial charge in [0.05, 0.1) is 13.2 Å². The van der Waals surface area contributed by atoms with Crippen molar-refractivity contribution in [3.63, 3.8) is 0 Å². The van der Waals surface area contributed by atoms with Gasteiger partial charge in [0, 0.05) is 35.8 Å². The van der Waals surface area contributed by atoms with Crippen LogP contribution in [0.2, 0.25) is 0 Å². The zero-order valence-electron chi connectivity index (χ0n) is 15.1. The van der Waals surface area contributed by atoms with E-state index in [4.69, 9.17) is 9.47 Å². The number of ether oxygens (including phenoxy) is 2. The minimum atomic E-state index is -0.433. The summed E-state index contributed by atoms with van der Waals surface area (Å²) in [6, 6.07) is 9.45. The van der Waals surface area contributed by atoms with Crippen molar-refractivity contribution in [3.8, 4) is 6.07 Å². The average Bonchev–Trinajstić information content (AvgIpc) is 3.32. The van der Waals surface area contributed by atoms with Gasteiger partial charge in [-0.25, -0.2) is 0 Å². The molecule has 1 amide bonds. The van der Waals surface area contributed by atoms with Crippen molar-refractivity contribution in [2.75, 3.05) is 20.3 Å². The first kappa shape index (κ1) is 18.7. The third kappa shape index (κ3) is 4.36. The van der Waals surface area contributed by atoms with Crippen molar-refractivity contribution in [3.05, 3.63) is 41.6 Å². The Balaban J connectivity index is 1.84. The highest BCUT2D eigenvalue weighted by atomic mass is 16.5. The number of hydrogen-bond acceptors (Lipinski definition) is 5. The van der Waals surface area contributed by atoms with E-state index in [1.165, 1.54) is 7.11 Å². The van der Waals surface area contributed by atoms with Gasteiger partial charge in [-0.05, 0) is 25.0 Å². The fraction of sp³-hybridized carbons (Fsp3) is 0.350. The minimum absolute atomic E-state index is 0.00830. The van der Waals surface area contributed by atoms with Crippen molar-refractivity contribution in [2.24, 2.45) is 0 Å². The fourth-order valence-electron chi connectivity index (χ4n) is 3.14. The Bertz CT molecular complexity index is 917. The van der Waals surface area contributed by atoms with Crippen LogP contribution in [0.25, 0.3) is 17.0 Å². The molecule has 0 saturated carbocycles. The van der Waals surface area contributed by atoms with E-state index < -0.39 is 5.91 Å². The molecule has 1 saturated heterocycles. The molecule has 2 aromatic rings. The fourth-order valence-corrected chi connectivity index (χ4v) is 3.14. The van der Waals surface area contributed by atoms with Gasteiger partial charge in [-0.3, -0.25) is 9.59 Å². The van der Waals surface area contributed by atoms with Gasteiger partial charge >= 0.3 is 5.97 Å². The second-order valence-electron chi connectivity index (χ2n) is 6.32. The first-order valence-electron chi connectivity index (χ1n) is 8.78. The van der Waals surface area contributed by atoms with Crippen LogP contribution in [0.15, 0.2) is 36.0 Å². The van der Waals surface area contributed by atoms with Crippen LogP contribution in [0.1, 0.15) is 18.4 Å². The van der Waals surface area contributed by atoms with Crippen LogP contribution in [0.4, 0.5) is 0 Å². The summed E-state index contributed by atoms with van der Waals surface area (Å²) in [5.41, 5.74) is 1.53. The van der Waals surface area contributed by atoms with E-state index in [0.717, 1.165) is 23.7 Å². The van der Waals surface area contributed by atoms with E-state index in [2.05, 4.69) is 5.32 Å². The van der Waals surface area contributed by atoms with Gasteiger partial charge < -0.3 is 19.4 Å². The van der Waals surface area contributed by atoms with Gasteiger partial charge in [0.1, 0.15) is 18.2 Å². The Morgan fingerprint density at radius 2 is 2.26 bits per heavy atom. The van der Waals surface area contributed by atoms with Crippen molar-refractivity contribution in [2.45, 2.75) is 25.5 Å². The Kier molecular flexibility index (Phi) is 5.89. The van der Waals surface area contributed by atoms with Crippen molar-refractivity contribution in [1.29, 1.82) is 5.26 Å². The first-order valence-corrected chi connectivity index (χ1v) is 8.78. The summed E-state index contributed by atoms with van der Waals surface area (Å²) in [5, 5.41) is 13.0. The van der Waals surface area contributed by atoms with Crippen LogP contribution < -0.4 is 5.32 Å². The summed E-state index contributed by atoms with van der Waals surface area (Å²) >= 11 is 0. The monoisotopic (exact) mass is 367 g/mol. The predicted octanol–water partition coefficient (Wildman–Crippen LogP) is 2.02. The Labute approximate surface area is 157 Å². The number of nitrogens with one attached hydrogen (secondary N) is 1. The molecule has 1 aromatic carbocycles.